The van der Waals surface area contributed by atoms with Crippen LogP contribution in [0.5, 0.6) is 0 Å². The van der Waals surface area contributed by atoms with Crippen LogP contribution in [0, 0.1) is 21.7 Å². The number of piperidine rings is 1. The average molecular weight is 1010 g/mol. The summed E-state index contributed by atoms with van der Waals surface area (Å²) < 4.78 is 31.2. The van der Waals surface area contributed by atoms with Crippen molar-refractivity contribution in [2.24, 2.45) is 12.5 Å². The molecule has 1 aliphatic carbocycles. The Labute approximate surface area is 385 Å². The first-order chi connectivity index (χ1) is 30.9. The molecule has 3 aliphatic rings. The molecule has 0 unspecified atom stereocenters. The van der Waals surface area contributed by atoms with Crippen molar-refractivity contribution in [2.45, 2.75) is 51.5 Å². The summed E-state index contributed by atoms with van der Waals surface area (Å²) >= 11 is 8.46. The SMILES string of the molecule is Cc1c(=O)n(C)c(Nc2ccc(I)cc2F)c2c(=O)n(C3CC3)c(=O)n(-c3cccc(NC(=O)CCOCCOCCN4CCC5(CC4)CCN(c4ncnc6[nH]cc(Cl)c46)C5)c3)c12. The topological polar surface area (TPSA) is 174 Å². The first-order valence-electron chi connectivity index (χ1n) is 21.5. The number of anilines is 4. The second-order valence-corrected chi connectivity index (χ2v) is 18.6. The molecule has 6 heterocycles. The molecule has 64 heavy (non-hydrogen) atoms. The molecule has 1 saturated carbocycles. The maximum Gasteiger partial charge on any atom is 0.336 e. The van der Waals surface area contributed by atoms with E-state index in [-0.39, 0.29) is 58.4 Å². The Morgan fingerprint density at radius 1 is 0.984 bits per heavy atom. The number of rotatable bonds is 15. The Morgan fingerprint density at radius 2 is 1.75 bits per heavy atom. The number of hydrogen-bond acceptors (Lipinski definition) is 11. The van der Waals surface area contributed by atoms with Crippen LogP contribution in [-0.4, -0.2) is 98.6 Å². The minimum atomic E-state index is -0.605. The van der Waals surface area contributed by atoms with Crippen molar-refractivity contribution >= 4 is 85.0 Å². The molecule has 0 atom stereocenters. The summed E-state index contributed by atoms with van der Waals surface area (Å²) in [5.41, 5.74) is 0.491. The van der Waals surface area contributed by atoms with E-state index in [1.165, 1.54) is 32.9 Å². The predicted molar refractivity (Wildman–Crippen MR) is 253 cm³/mol. The van der Waals surface area contributed by atoms with E-state index in [0.717, 1.165) is 68.8 Å². The molecule has 2 saturated heterocycles. The van der Waals surface area contributed by atoms with Crippen LogP contribution in [-0.2, 0) is 21.3 Å². The second-order valence-electron chi connectivity index (χ2n) is 17.0. The van der Waals surface area contributed by atoms with Crippen molar-refractivity contribution < 1.29 is 18.7 Å². The van der Waals surface area contributed by atoms with Gasteiger partial charge in [0.2, 0.25) is 5.91 Å². The molecule has 3 fully saturated rings. The highest BCUT2D eigenvalue weighted by Crippen LogP contribution is 2.43. The molecular formula is C45H49ClFIN10O6. The number of nitrogens with one attached hydrogen (secondary N) is 3. The van der Waals surface area contributed by atoms with Crippen molar-refractivity contribution in [1.29, 1.82) is 0 Å². The van der Waals surface area contributed by atoms with Gasteiger partial charge in [-0.25, -0.2) is 19.2 Å². The minimum absolute atomic E-state index is 0.0616. The lowest BCUT2D eigenvalue weighted by molar-refractivity contribution is -0.117. The maximum absolute atomic E-state index is 15.1. The van der Waals surface area contributed by atoms with Crippen molar-refractivity contribution in [1.82, 2.24) is 33.6 Å². The van der Waals surface area contributed by atoms with Gasteiger partial charge in [-0.1, -0.05) is 17.7 Å². The van der Waals surface area contributed by atoms with Crippen LogP contribution in [0.3, 0.4) is 0 Å². The quantitative estimate of drug-likeness (QED) is 0.0783. The summed E-state index contributed by atoms with van der Waals surface area (Å²) in [4.78, 5) is 72.0. The Balaban J connectivity index is 0.770. The van der Waals surface area contributed by atoms with E-state index in [4.69, 9.17) is 21.1 Å². The van der Waals surface area contributed by atoms with Gasteiger partial charge in [-0.05, 0) is 117 Å². The van der Waals surface area contributed by atoms with Crippen LogP contribution in [0.25, 0.3) is 27.6 Å². The van der Waals surface area contributed by atoms with Crippen LogP contribution < -0.4 is 32.3 Å². The van der Waals surface area contributed by atoms with E-state index in [9.17, 15) is 19.2 Å². The third-order valence-corrected chi connectivity index (χ3v) is 13.8. The highest BCUT2D eigenvalue weighted by molar-refractivity contribution is 14.1. The molecule has 19 heteroatoms. The van der Waals surface area contributed by atoms with Crippen LogP contribution in [0.4, 0.5) is 27.4 Å². The zero-order valence-electron chi connectivity index (χ0n) is 35.6. The Hall–Kier alpha value is -5.15. The third kappa shape index (κ3) is 8.81. The molecule has 0 bridgehead atoms. The maximum atomic E-state index is 15.1. The number of carbonyl (C=O) groups excluding carboxylic acids is 1. The number of aryl methyl sites for hydroxylation is 1. The van der Waals surface area contributed by atoms with Crippen LogP contribution >= 0.6 is 34.2 Å². The molecule has 4 aromatic heterocycles. The fraction of sp³-hybridized carbons (Fsp3) is 0.422. The summed E-state index contributed by atoms with van der Waals surface area (Å²) in [5, 5.41) is 7.47. The Kier molecular flexibility index (Phi) is 12.7. The molecule has 0 radical (unpaired) electrons. The number of benzene rings is 2. The highest BCUT2D eigenvalue weighted by Gasteiger charge is 2.41. The first-order valence-corrected chi connectivity index (χ1v) is 23.0. The van der Waals surface area contributed by atoms with Gasteiger partial charge in [-0.15, -0.1) is 0 Å². The van der Waals surface area contributed by atoms with Gasteiger partial charge in [0.05, 0.1) is 60.1 Å². The second kappa shape index (κ2) is 18.4. The van der Waals surface area contributed by atoms with Gasteiger partial charge < -0.3 is 34.9 Å². The van der Waals surface area contributed by atoms with Crippen molar-refractivity contribution in [3.05, 3.63) is 106 Å². The first kappa shape index (κ1) is 44.1. The van der Waals surface area contributed by atoms with Gasteiger partial charge in [0.15, 0.2) is 0 Å². The third-order valence-electron chi connectivity index (χ3n) is 12.8. The number of halogens is 3. The molecule has 1 amide bonds. The lowest BCUT2D eigenvalue weighted by Gasteiger charge is -2.39. The van der Waals surface area contributed by atoms with E-state index in [1.54, 1.807) is 49.8 Å². The molecular weight excluding hydrogens is 958 g/mol. The fourth-order valence-corrected chi connectivity index (χ4v) is 9.81. The fourth-order valence-electron chi connectivity index (χ4n) is 9.12. The van der Waals surface area contributed by atoms with E-state index in [0.29, 0.717) is 52.6 Å². The molecule has 2 aromatic carbocycles. The number of aromatic amines is 1. The van der Waals surface area contributed by atoms with Crippen molar-refractivity contribution in [3.8, 4) is 5.69 Å². The molecule has 2 aliphatic heterocycles. The Bertz CT molecular complexity index is 2940. The number of ether oxygens (including phenoxy) is 2. The number of nitrogens with zero attached hydrogens (tertiary/aromatic N) is 7. The van der Waals surface area contributed by atoms with E-state index in [1.807, 2.05) is 22.6 Å². The molecule has 3 N–H and O–H groups in total. The van der Waals surface area contributed by atoms with E-state index < -0.39 is 22.6 Å². The summed E-state index contributed by atoms with van der Waals surface area (Å²) in [7, 11) is 1.50. The smallest absolute Gasteiger partial charge is 0.336 e. The van der Waals surface area contributed by atoms with E-state index >= 15 is 4.39 Å². The summed E-state index contributed by atoms with van der Waals surface area (Å²) in [6.45, 7) is 7.90. The van der Waals surface area contributed by atoms with Gasteiger partial charge in [-0.2, -0.15) is 0 Å². The van der Waals surface area contributed by atoms with Gasteiger partial charge in [-0.3, -0.25) is 28.1 Å². The number of carbonyl (C=O) groups is 1. The zero-order valence-corrected chi connectivity index (χ0v) is 38.5. The lowest BCUT2D eigenvalue weighted by atomic mass is 9.78. The largest absolute Gasteiger partial charge is 0.379 e. The van der Waals surface area contributed by atoms with Crippen LogP contribution in [0.15, 0.2) is 69.4 Å². The van der Waals surface area contributed by atoms with Crippen LogP contribution in [0.2, 0.25) is 5.02 Å². The summed E-state index contributed by atoms with van der Waals surface area (Å²) in [6.07, 6.45) is 8.11. The molecule has 6 aromatic rings. The van der Waals surface area contributed by atoms with Gasteiger partial charge in [0, 0.05) is 53.7 Å². The van der Waals surface area contributed by atoms with Gasteiger partial charge >= 0.3 is 5.69 Å². The molecule has 9 rings (SSSR count). The number of hydrogen-bond donors (Lipinski definition) is 3. The van der Waals surface area contributed by atoms with E-state index in [2.05, 4.69) is 35.4 Å². The van der Waals surface area contributed by atoms with Crippen LogP contribution in [0.1, 0.15) is 50.1 Å². The number of pyridine rings is 1. The highest BCUT2D eigenvalue weighted by atomic mass is 127. The standard InChI is InChI=1S/C45H49ClFIN10O6/c1-27-38-37(41(54(2)42(27)60)53-34-9-6-28(48)22-33(34)47)43(61)58(30-7-8-30)44(62)57(38)31-5-3-4-29(23-31)52-35(59)10-18-63-20-21-64-19-17-55-14-11-45(12-15-55)13-16-56(25-45)40-36-32(46)24-49-39(36)50-26-51-40/h3-6,9,22-24,26,30,53H,7-8,10-21,25H2,1-2H3,(H,52,59)(H,49,50,51). The Morgan fingerprint density at radius 3 is 2.52 bits per heavy atom. The van der Waals surface area contributed by atoms with Gasteiger partial charge in [0.25, 0.3) is 11.1 Å². The number of H-pyrrole nitrogens is 1. The zero-order chi connectivity index (χ0) is 44.7. The number of amides is 1. The lowest BCUT2D eigenvalue weighted by Crippen LogP contribution is -2.42. The number of aromatic nitrogens is 6. The summed E-state index contributed by atoms with van der Waals surface area (Å²) in [5.74, 6) is 0.116. The number of fused-ring (bicyclic) bond motifs is 2. The average Bonchev–Trinajstić information content (AvgIpc) is 3.92. The van der Waals surface area contributed by atoms with Crippen molar-refractivity contribution in [2.75, 3.05) is 74.7 Å². The molecule has 336 valence electrons. The summed E-state index contributed by atoms with van der Waals surface area (Å²) in [6, 6.07) is 10.9. The monoisotopic (exact) mass is 1010 g/mol. The number of likely N-dealkylation sites (tertiary alicyclic amines) is 1. The molecule has 1 spiro atoms. The minimum Gasteiger partial charge on any atom is -0.379 e. The predicted octanol–water partition coefficient (Wildman–Crippen LogP) is 6.26. The molecule has 16 nitrogen and oxygen atoms in total. The normalized spacial score (nSPS) is 16.4. The van der Waals surface area contributed by atoms with Crippen molar-refractivity contribution in [3.63, 3.8) is 0 Å². The van der Waals surface area contributed by atoms with Gasteiger partial charge in [0.1, 0.15) is 34.8 Å².